The monoisotopic (exact) mass is 616 g/mol. The van der Waals surface area contributed by atoms with Crippen molar-refractivity contribution < 1.29 is 21.8 Å². The van der Waals surface area contributed by atoms with Gasteiger partial charge in [0.15, 0.2) is 0 Å². The van der Waals surface area contributed by atoms with Crippen molar-refractivity contribution in [1.29, 1.82) is 0 Å². The van der Waals surface area contributed by atoms with Crippen LogP contribution in [0.2, 0.25) is 3.97 Å². The van der Waals surface area contributed by atoms with Crippen LogP contribution >= 0.6 is 0 Å². The molecule has 0 unspecified atom stereocenters. The second-order valence-corrected chi connectivity index (χ2v) is 14.8. The van der Waals surface area contributed by atoms with E-state index in [1.54, 1.807) is 3.61 Å². The number of amides is 1. The van der Waals surface area contributed by atoms with Crippen LogP contribution in [0.3, 0.4) is 0 Å². The first-order chi connectivity index (χ1) is 15.2. The van der Waals surface area contributed by atoms with Gasteiger partial charge in [0.2, 0.25) is 0 Å². The van der Waals surface area contributed by atoms with Crippen LogP contribution in [0, 0.1) is 0 Å². The van der Waals surface area contributed by atoms with Gasteiger partial charge in [-0.2, -0.15) is 0 Å². The molecule has 32 heavy (non-hydrogen) atoms. The van der Waals surface area contributed by atoms with E-state index < -0.39 is 20.1 Å². The van der Waals surface area contributed by atoms with Gasteiger partial charge in [-0.05, 0) is 0 Å². The van der Waals surface area contributed by atoms with E-state index in [4.69, 9.17) is 8.19 Å². The molecule has 1 saturated carbocycles. The van der Waals surface area contributed by atoms with Crippen LogP contribution in [0.15, 0.2) is 54.7 Å². The van der Waals surface area contributed by atoms with Gasteiger partial charge in [-0.1, -0.05) is 0 Å². The van der Waals surface area contributed by atoms with Crippen molar-refractivity contribution >= 4 is 65.6 Å². The Hall–Kier alpha value is -1.81. The first kappa shape index (κ1) is 24.8. The first-order valence-electron chi connectivity index (χ1n) is 10.4. The third-order valence-corrected chi connectivity index (χ3v) is 11.1. The zero-order valence-electron chi connectivity index (χ0n) is 17.8. The van der Waals surface area contributed by atoms with Gasteiger partial charge in [-0.15, -0.1) is 0 Å². The number of nitrogens with one attached hydrogen (secondary N) is 1. The van der Waals surface area contributed by atoms with E-state index in [2.05, 4.69) is 40.6 Å². The van der Waals surface area contributed by atoms with Crippen LogP contribution in [-0.4, -0.2) is 59.3 Å². The number of carbonyl (C=O) groups excluding carboxylic acids is 1. The molecule has 2 aromatic carbocycles. The maximum atomic E-state index is 10.9. The van der Waals surface area contributed by atoms with Gasteiger partial charge >= 0.3 is 201 Å². The quantitative estimate of drug-likeness (QED) is 0.265. The Morgan fingerprint density at radius 3 is 2.53 bits per heavy atom. The number of rotatable bonds is 4. The van der Waals surface area contributed by atoms with Gasteiger partial charge in [-0.3, -0.25) is 0 Å². The van der Waals surface area contributed by atoms with Crippen molar-refractivity contribution in [3.8, 4) is 5.75 Å². The van der Waals surface area contributed by atoms with Crippen LogP contribution in [-0.2, 0) is 8.53 Å². The van der Waals surface area contributed by atoms with Gasteiger partial charge in [0.05, 0.1) is 0 Å². The summed E-state index contributed by atoms with van der Waals surface area (Å²) in [5.41, 5.74) is 1.16. The van der Waals surface area contributed by atoms with Gasteiger partial charge in [-0.25, -0.2) is 0 Å². The number of aromatic hydroxyl groups is 1. The fourth-order valence-corrected chi connectivity index (χ4v) is 8.68. The van der Waals surface area contributed by atoms with Crippen LogP contribution in [0.1, 0.15) is 39.0 Å². The summed E-state index contributed by atoms with van der Waals surface area (Å²) in [6.07, 6.45) is 9.21. The third kappa shape index (κ3) is 7.10. The Morgan fingerprint density at radius 1 is 1.09 bits per heavy atom. The van der Waals surface area contributed by atoms with E-state index in [0.29, 0.717) is 0 Å². The van der Waals surface area contributed by atoms with Gasteiger partial charge < -0.3 is 0 Å². The number of phenols is 1. The van der Waals surface area contributed by atoms with E-state index in [1.807, 2.05) is 6.20 Å². The average Bonchev–Trinajstić information content (AvgIpc) is 2.76. The standard InChI is InChI=1S/C15H17NTe.C8H10AsNO5/c1-2-6-12(7-3-1)17-15-10-4-9-14-13(15)8-5-11-16-14;1-5(11)10-7-4-6(9(13,14)15)2-3-8(7)12/h4-5,8-12H,1-3,6-7H2;2-4,12H,1H3,(H,10,11)(H2,13,14,15). The molecule has 1 aliphatic carbocycles. The Bertz CT molecular complexity index is 1120. The minimum atomic E-state index is -4.98. The van der Waals surface area contributed by atoms with E-state index in [-0.39, 0.29) is 36.7 Å². The van der Waals surface area contributed by atoms with E-state index in [9.17, 15) is 13.6 Å². The molecule has 170 valence electrons. The molecule has 1 aromatic heterocycles. The SMILES string of the molecule is CC(=O)Nc1cc([As](=O)(O)O)ccc1O.c1cc([Te]C2CCCCC2)c2cccnc2c1. The van der Waals surface area contributed by atoms with Crippen LogP contribution < -0.4 is 13.3 Å². The summed E-state index contributed by atoms with van der Waals surface area (Å²) < 4.78 is 31.2. The summed E-state index contributed by atoms with van der Waals surface area (Å²) >= 11 is -5.02. The normalized spacial score (nSPS) is 14.5. The van der Waals surface area contributed by atoms with Crippen molar-refractivity contribution in [3.63, 3.8) is 0 Å². The number of pyridine rings is 1. The molecule has 7 nitrogen and oxygen atoms in total. The second kappa shape index (κ2) is 11.4. The van der Waals surface area contributed by atoms with Crippen molar-refractivity contribution in [2.75, 3.05) is 5.32 Å². The minimum absolute atomic E-state index is 0.00951. The molecule has 0 saturated heterocycles. The number of anilines is 1. The predicted molar refractivity (Wildman–Crippen MR) is 127 cm³/mol. The van der Waals surface area contributed by atoms with Crippen molar-refractivity contribution in [2.24, 2.45) is 0 Å². The Labute approximate surface area is 200 Å². The van der Waals surface area contributed by atoms with E-state index >= 15 is 0 Å². The van der Waals surface area contributed by atoms with Crippen molar-refractivity contribution in [3.05, 3.63) is 54.7 Å². The molecule has 0 bridgehead atoms. The summed E-state index contributed by atoms with van der Waals surface area (Å²) in [5.74, 6) is -0.668. The summed E-state index contributed by atoms with van der Waals surface area (Å²) in [7, 11) is 0. The molecule has 0 aliphatic heterocycles. The molecule has 1 fully saturated rings. The Kier molecular flexibility index (Phi) is 8.81. The molecule has 0 spiro atoms. The molecule has 0 radical (unpaired) electrons. The Balaban J connectivity index is 0.000000183. The van der Waals surface area contributed by atoms with Crippen LogP contribution in [0.5, 0.6) is 5.75 Å². The summed E-state index contributed by atoms with van der Waals surface area (Å²) in [6.45, 7) is 1.23. The number of carbonyl (C=O) groups is 1. The first-order valence-corrected chi connectivity index (χ1v) is 16.3. The molecule has 3 aromatic rings. The Morgan fingerprint density at radius 2 is 1.84 bits per heavy atom. The van der Waals surface area contributed by atoms with E-state index in [1.165, 1.54) is 49.9 Å². The number of phenolic OH excluding ortho intramolecular Hbond substituents is 1. The van der Waals surface area contributed by atoms with Gasteiger partial charge in [0.1, 0.15) is 0 Å². The van der Waals surface area contributed by atoms with E-state index in [0.717, 1.165) is 22.2 Å². The topological polar surface area (TPSA) is 120 Å². The molecular weight excluding hydrogens is 587 g/mol. The van der Waals surface area contributed by atoms with Crippen molar-refractivity contribution in [1.82, 2.24) is 4.98 Å². The molecule has 1 amide bonds. The second-order valence-electron chi connectivity index (χ2n) is 7.63. The maximum absolute atomic E-state index is 10.9. The third-order valence-electron chi connectivity index (χ3n) is 5.08. The molecule has 1 heterocycles. The fourth-order valence-electron chi connectivity index (χ4n) is 3.54. The summed E-state index contributed by atoms with van der Waals surface area (Å²) in [4.78, 5) is 15.2. The number of hydrogen-bond donors (Lipinski definition) is 4. The molecule has 4 N–H and O–H groups in total. The van der Waals surface area contributed by atoms with Crippen LogP contribution in [0.25, 0.3) is 10.9 Å². The number of benzene rings is 2. The predicted octanol–water partition coefficient (Wildman–Crippen LogP) is 2.23. The summed E-state index contributed by atoms with van der Waals surface area (Å²) in [6, 6.07) is 14.3. The fraction of sp³-hybridized carbons (Fsp3) is 0.304. The zero-order valence-corrected chi connectivity index (χ0v) is 22.0. The average molecular weight is 614 g/mol. The van der Waals surface area contributed by atoms with Crippen molar-refractivity contribution in [2.45, 2.75) is 43.0 Å². The molecule has 0 atom stereocenters. The van der Waals surface area contributed by atoms with Crippen LogP contribution in [0.4, 0.5) is 5.69 Å². The number of nitrogens with zero attached hydrogens (tertiary/aromatic N) is 1. The number of hydrogen-bond acceptors (Lipinski definition) is 4. The molecule has 9 heteroatoms. The number of fused-ring (bicyclic) bond motifs is 1. The molecule has 4 rings (SSSR count). The number of aromatic nitrogens is 1. The summed E-state index contributed by atoms with van der Waals surface area (Å²) in [5, 5.41) is 13.0. The van der Waals surface area contributed by atoms with Gasteiger partial charge in [0.25, 0.3) is 0 Å². The van der Waals surface area contributed by atoms with Gasteiger partial charge in [0, 0.05) is 0 Å². The zero-order chi connectivity index (χ0) is 23.1. The molecular formula is C23H27AsN2O5Te. The molecule has 1 aliphatic rings.